The molecule has 0 unspecified atom stereocenters. The first-order chi connectivity index (χ1) is 7.11. The average molecular weight is 215 g/mol. The molecule has 15 heavy (non-hydrogen) atoms. The van der Waals surface area contributed by atoms with E-state index in [1.165, 1.54) is 0 Å². The quantitative estimate of drug-likeness (QED) is 0.650. The molecule has 1 aliphatic carbocycles. The van der Waals surface area contributed by atoms with E-state index in [-0.39, 0.29) is 18.4 Å². The molecule has 0 aliphatic heterocycles. The van der Waals surface area contributed by atoms with E-state index in [0.29, 0.717) is 19.5 Å². The monoisotopic (exact) mass is 215 g/mol. The Morgan fingerprint density at radius 2 is 2.00 bits per heavy atom. The highest BCUT2D eigenvalue weighted by Gasteiger charge is 2.49. The van der Waals surface area contributed by atoms with Gasteiger partial charge in [-0.1, -0.05) is 6.92 Å². The highest BCUT2D eigenvalue weighted by Crippen LogP contribution is 2.40. The van der Waals surface area contributed by atoms with Crippen molar-refractivity contribution in [3.8, 4) is 0 Å². The van der Waals surface area contributed by atoms with E-state index >= 15 is 0 Å². The van der Waals surface area contributed by atoms with Crippen LogP contribution in [-0.2, 0) is 9.59 Å². The maximum atomic E-state index is 11.8. The van der Waals surface area contributed by atoms with Crippen molar-refractivity contribution >= 4 is 11.9 Å². The third-order valence-corrected chi connectivity index (χ3v) is 2.60. The van der Waals surface area contributed by atoms with Crippen molar-refractivity contribution in [1.82, 2.24) is 4.90 Å². The van der Waals surface area contributed by atoms with Crippen molar-refractivity contribution < 1.29 is 19.8 Å². The zero-order valence-electron chi connectivity index (χ0n) is 8.85. The number of amides is 1. The molecule has 0 aromatic carbocycles. The summed E-state index contributed by atoms with van der Waals surface area (Å²) in [6.07, 6.45) is 1.26. The highest BCUT2D eigenvalue weighted by molar-refractivity contribution is 5.89. The molecule has 1 fully saturated rings. The van der Waals surface area contributed by atoms with E-state index in [0.717, 1.165) is 6.42 Å². The molecule has 2 N–H and O–H groups in total. The number of nitrogens with zero attached hydrogens (tertiary/aromatic N) is 1. The van der Waals surface area contributed by atoms with Crippen molar-refractivity contribution in [3.63, 3.8) is 0 Å². The zero-order chi connectivity index (χ0) is 11.4. The summed E-state index contributed by atoms with van der Waals surface area (Å²) >= 11 is 0. The summed E-state index contributed by atoms with van der Waals surface area (Å²) in [6.45, 7) is 2.76. The Morgan fingerprint density at radius 3 is 2.40 bits per heavy atom. The van der Waals surface area contributed by atoms with E-state index in [4.69, 9.17) is 10.2 Å². The maximum Gasteiger partial charge on any atom is 0.307 e. The Hall–Kier alpha value is -1.10. The second-order valence-electron chi connectivity index (χ2n) is 3.84. The molecule has 0 aromatic heterocycles. The Morgan fingerprint density at radius 1 is 1.33 bits per heavy atom. The van der Waals surface area contributed by atoms with Crippen LogP contribution in [0.15, 0.2) is 0 Å². The van der Waals surface area contributed by atoms with Gasteiger partial charge >= 0.3 is 5.97 Å². The third kappa shape index (κ3) is 2.92. The van der Waals surface area contributed by atoms with Crippen LogP contribution in [0.1, 0.15) is 19.8 Å². The SMILES string of the molecule is CCCN(CCO)C(=O)[C@@H]1C[C@@H]1C(=O)O. The number of aliphatic hydroxyl groups excluding tert-OH is 1. The normalized spacial score (nSPS) is 23.6. The van der Waals surface area contributed by atoms with Gasteiger partial charge in [-0.05, 0) is 12.8 Å². The number of carboxylic acids is 1. The average Bonchev–Trinajstić information content (AvgIpc) is 2.96. The molecule has 86 valence electrons. The number of carbonyl (C=O) groups excluding carboxylic acids is 1. The van der Waals surface area contributed by atoms with Crippen LogP contribution >= 0.6 is 0 Å². The van der Waals surface area contributed by atoms with Crippen LogP contribution in [0.3, 0.4) is 0 Å². The first kappa shape index (κ1) is 12.0. The molecule has 5 heteroatoms. The highest BCUT2D eigenvalue weighted by atomic mass is 16.4. The van der Waals surface area contributed by atoms with Gasteiger partial charge in [0.05, 0.1) is 18.4 Å². The van der Waals surface area contributed by atoms with Gasteiger partial charge in [0.25, 0.3) is 0 Å². The van der Waals surface area contributed by atoms with Gasteiger partial charge in [0.2, 0.25) is 5.91 Å². The number of aliphatic carboxylic acids is 1. The summed E-state index contributed by atoms with van der Waals surface area (Å²) in [5.74, 6) is -1.89. The number of carboxylic acid groups (broad SMARTS) is 1. The van der Waals surface area contributed by atoms with Crippen molar-refractivity contribution in [1.29, 1.82) is 0 Å². The third-order valence-electron chi connectivity index (χ3n) is 2.60. The number of hydrogen-bond acceptors (Lipinski definition) is 3. The fourth-order valence-electron chi connectivity index (χ4n) is 1.70. The predicted molar refractivity (Wildman–Crippen MR) is 53.2 cm³/mol. The molecule has 0 aromatic rings. The zero-order valence-corrected chi connectivity index (χ0v) is 8.85. The van der Waals surface area contributed by atoms with Gasteiger partial charge in [-0.25, -0.2) is 0 Å². The molecule has 0 radical (unpaired) electrons. The minimum Gasteiger partial charge on any atom is -0.481 e. The van der Waals surface area contributed by atoms with Crippen molar-refractivity contribution in [2.24, 2.45) is 11.8 Å². The summed E-state index contributed by atoms with van der Waals surface area (Å²) in [5.41, 5.74) is 0. The van der Waals surface area contributed by atoms with Crippen LogP contribution < -0.4 is 0 Å². The Labute approximate surface area is 88.7 Å². The topological polar surface area (TPSA) is 77.8 Å². The van der Waals surface area contributed by atoms with Crippen LogP contribution in [-0.4, -0.2) is 46.7 Å². The standard InChI is InChI=1S/C10H17NO4/c1-2-3-11(4-5-12)9(13)7-6-8(7)10(14)15/h7-8,12H,2-6H2,1H3,(H,14,15)/t7-,8+/m1/s1. The van der Waals surface area contributed by atoms with Gasteiger partial charge in [0.15, 0.2) is 0 Å². The molecule has 1 amide bonds. The molecule has 2 atom stereocenters. The lowest BCUT2D eigenvalue weighted by Gasteiger charge is -2.20. The molecule has 1 saturated carbocycles. The molecule has 0 heterocycles. The lowest BCUT2D eigenvalue weighted by molar-refractivity contribution is -0.142. The van der Waals surface area contributed by atoms with E-state index in [9.17, 15) is 9.59 Å². The van der Waals surface area contributed by atoms with Crippen molar-refractivity contribution in [2.45, 2.75) is 19.8 Å². The van der Waals surface area contributed by atoms with Gasteiger partial charge in [0.1, 0.15) is 0 Å². The molecular formula is C10H17NO4. The van der Waals surface area contributed by atoms with Gasteiger partial charge in [-0.2, -0.15) is 0 Å². The van der Waals surface area contributed by atoms with Crippen molar-refractivity contribution in [3.05, 3.63) is 0 Å². The number of aliphatic hydroxyl groups is 1. The van der Waals surface area contributed by atoms with Gasteiger partial charge in [0, 0.05) is 13.1 Å². The summed E-state index contributed by atoms with van der Waals surface area (Å²) < 4.78 is 0. The van der Waals surface area contributed by atoms with Crippen molar-refractivity contribution in [2.75, 3.05) is 19.7 Å². The van der Waals surface area contributed by atoms with Crippen LogP contribution in [0.2, 0.25) is 0 Å². The van der Waals surface area contributed by atoms with E-state index in [1.807, 2.05) is 6.92 Å². The lowest BCUT2D eigenvalue weighted by Crippen LogP contribution is -2.36. The van der Waals surface area contributed by atoms with E-state index in [1.54, 1.807) is 4.90 Å². The molecule has 0 bridgehead atoms. The Kier molecular flexibility index (Phi) is 4.08. The minimum absolute atomic E-state index is 0.0732. The first-order valence-electron chi connectivity index (χ1n) is 5.24. The fraction of sp³-hybridized carbons (Fsp3) is 0.800. The Bertz CT molecular complexity index is 248. The summed E-state index contributed by atoms with van der Waals surface area (Å²) in [7, 11) is 0. The summed E-state index contributed by atoms with van der Waals surface area (Å²) in [4.78, 5) is 23.9. The first-order valence-corrected chi connectivity index (χ1v) is 5.24. The molecule has 0 saturated heterocycles. The van der Waals surface area contributed by atoms with E-state index in [2.05, 4.69) is 0 Å². The van der Waals surface area contributed by atoms with Crippen LogP contribution in [0.5, 0.6) is 0 Å². The largest absolute Gasteiger partial charge is 0.481 e. The van der Waals surface area contributed by atoms with Gasteiger partial charge in [-0.3, -0.25) is 9.59 Å². The Balaban J connectivity index is 2.47. The molecule has 5 nitrogen and oxygen atoms in total. The summed E-state index contributed by atoms with van der Waals surface area (Å²) in [5, 5.41) is 17.5. The smallest absolute Gasteiger partial charge is 0.307 e. The molecule has 1 rings (SSSR count). The number of rotatable bonds is 6. The molecular weight excluding hydrogens is 198 g/mol. The lowest BCUT2D eigenvalue weighted by atomic mass is 10.2. The van der Waals surface area contributed by atoms with Crippen LogP contribution in [0.25, 0.3) is 0 Å². The second kappa shape index (κ2) is 5.11. The van der Waals surface area contributed by atoms with E-state index < -0.39 is 11.9 Å². The minimum atomic E-state index is -0.895. The second-order valence-corrected chi connectivity index (χ2v) is 3.84. The number of hydrogen-bond donors (Lipinski definition) is 2. The molecule has 0 spiro atoms. The maximum absolute atomic E-state index is 11.8. The summed E-state index contributed by atoms with van der Waals surface area (Å²) in [6, 6.07) is 0. The van der Waals surface area contributed by atoms with Crippen LogP contribution in [0.4, 0.5) is 0 Å². The predicted octanol–water partition coefficient (Wildman–Crippen LogP) is -0.0620. The van der Waals surface area contributed by atoms with Gasteiger partial charge < -0.3 is 15.1 Å². The fourth-order valence-corrected chi connectivity index (χ4v) is 1.70. The van der Waals surface area contributed by atoms with Gasteiger partial charge in [-0.15, -0.1) is 0 Å². The van der Waals surface area contributed by atoms with Crippen LogP contribution in [0, 0.1) is 11.8 Å². The number of carbonyl (C=O) groups is 2. The molecule has 1 aliphatic rings.